The Kier molecular flexibility index (Phi) is 4.83. The topological polar surface area (TPSA) is 24.9 Å². The average Bonchev–Trinajstić information content (AvgIpc) is 2.89. The van der Waals surface area contributed by atoms with Gasteiger partial charge in [-0.25, -0.2) is 5.01 Å². The highest BCUT2D eigenvalue weighted by Gasteiger charge is 2.29. The molecule has 0 N–H and O–H groups in total. The second-order valence-electron chi connectivity index (χ2n) is 5.73. The fraction of sp³-hybridized carbons (Fsp3) is 0.263. The SMILES string of the molecule is COc1ccc(C2C=C(C)N(c3ccc(Br)cc3)N2C)cc1OC. The molecule has 0 spiro atoms. The molecule has 5 heteroatoms. The van der Waals surface area contributed by atoms with Crippen LogP contribution in [-0.2, 0) is 0 Å². The number of hydrazine groups is 1. The predicted molar refractivity (Wildman–Crippen MR) is 100 cm³/mol. The quantitative estimate of drug-likeness (QED) is 0.752. The molecule has 0 saturated heterocycles. The highest BCUT2D eigenvalue weighted by molar-refractivity contribution is 9.10. The van der Waals surface area contributed by atoms with Crippen LogP contribution in [0, 0.1) is 0 Å². The van der Waals surface area contributed by atoms with E-state index >= 15 is 0 Å². The molecule has 0 fully saturated rings. The molecule has 1 aliphatic heterocycles. The number of methoxy groups -OCH3 is 2. The fourth-order valence-corrected chi connectivity index (χ4v) is 3.36. The van der Waals surface area contributed by atoms with Gasteiger partial charge in [0.15, 0.2) is 11.5 Å². The van der Waals surface area contributed by atoms with E-state index in [4.69, 9.17) is 9.47 Å². The second-order valence-corrected chi connectivity index (χ2v) is 6.64. The van der Waals surface area contributed by atoms with Crippen LogP contribution in [0.25, 0.3) is 0 Å². The van der Waals surface area contributed by atoms with Crippen molar-refractivity contribution in [2.45, 2.75) is 13.0 Å². The Morgan fingerprint density at radius 2 is 1.62 bits per heavy atom. The lowest BCUT2D eigenvalue weighted by atomic mass is 10.1. The summed E-state index contributed by atoms with van der Waals surface area (Å²) < 4.78 is 11.8. The third kappa shape index (κ3) is 3.01. The minimum Gasteiger partial charge on any atom is -0.493 e. The van der Waals surface area contributed by atoms with Crippen LogP contribution in [0.3, 0.4) is 0 Å². The number of ether oxygens (including phenoxy) is 2. The minimum atomic E-state index is 0.147. The van der Waals surface area contributed by atoms with Crippen molar-refractivity contribution in [2.75, 3.05) is 26.3 Å². The van der Waals surface area contributed by atoms with Crippen molar-refractivity contribution < 1.29 is 9.47 Å². The van der Waals surface area contributed by atoms with E-state index in [1.807, 2.05) is 12.1 Å². The lowest BCUT2D eigenvalue weighted by molar-refractivity contribution is 0.304. The number of hydrogen-bond acceptors (Lipinski definition) is 4. The summed E-state index contributed by atoms with van der Waals surface area (Å²) in [7, 11) is 5.41. The van der Waals surface area contributed by atoms with Crippen LogP contribution in [0.15, 0.2) is 58.7 Å². The number of rotatable bonds is 4. The molecule has 1 aliphatic rings. The molecule has 0 bridgehead atoms. The summed E-state index contributed by atoms with van der Waals surface area (Å²) in [6, 6.07) is 14.5. The fourth-order valence-electron chi connectivity index (χ4n) is 3.10. The van der Waals surface area contributed by atoms with Crippen LogP contribution in [-0.4, -0.2) is 26.3 Å². The van der Waals surface area contributed by atoms with E-state index in [0.29, 0.717) is 0 Å². The number of halogens is 1. The summed E-state index contributed by atoms with van der Waals surface area (Å²) >= 11 is 3.49. The van der Waals surface area contributed by atoms with Gasteiger partial charge in [-0.15, -0.1) is 0 Å². The molecule has 1 unspecified atom stereocenters. The third-order valence-corrected chi connectivity index (χ3v) is 4.80. The largest absolute Gasteiger partial charge is 0.493 e. The Morgan fingerprint density at radius 1 is 0.958 bits per heavy atom. The zero-order valence-electron chi connectivity index (χ0n) is 14.3. The van der Waals surface area contributed by atoms with E-state index in [0.717, 1.165) is 27.2 Å². The molecule has 2 aromatic rings. The number of nitrogens with zero attached hydrogens (tertiary/aromatic N) is 2. The van der Waals surface area contributed by atoms with Gasteiger partial charge in [-0.3, -0.25) is 5.01 Å². The Balaban J connectivity index is 1.92. The van der Waals surface area contributed by atoms with Crippen LogP contribution in [0.4, 0.5) is 5.69 Å². The van der Waals surface area contributed by atoms with Crippen molar-refractivity contribution >= 4 is 21.6 Å². The number of hydrogen-bond donors (Lipinski definition) is 0. The van der Waals surface area contributed by atoms with Crippen LogP contribution < -0.4 is 14.5 Å². The first-order valence-corrected chi connectivity index (χ1v) is 8.53. The number of benzene rings is 2. The lowest BCUT2D eigenvalue weighted by Gasteiger charge is -2.32. The van der Waals surface area contributed by atoms with E-state index < -0.39 is 0 Å². The smallest absolute Gasteiger partial charge is 0.161 e. The minimum absolute atomic E-state index is 0.147. The van der Waals surface area contributed by atoms with Gasteiger partial charge in [0.25, 0.3) is 0 Å². The van der Waals surface area contributed by atoms with Crippen molar-refractivity contribution in [2.24, 2.45) is 0 Å². The Labute approximate surface area is 151 Å². The molecule has 0 saturated carbocycles. The Hall–Kier alpha value is -1.98. The van der Waals surface area contributed by atoms with E-state index in [1.165, 1.54) is 5.70 Å². The van der Waals surface area contributed by atoms with Gasteiger partial charge < -0.3 is 9.47 Å². The third-order valence-electron chi connectivity index (χ3n) is 4.27. The normalized spacial score (nSPS) is 17.8. The maximum atomic E-state index is 5.44. The van der Waals surface area contributed by atoms with Crippen molar-refractivity contribution in [3.63, 3.8) is 0 Å². The molecular formula is C19H21BrN2O2. The summed E-state index contributed by atoms with van der Waals surface area (Å²) in [6.07, 6.45) is 2.25. The van der Waals surface area contributed by atoms with E-state index in [9.17, 15) is 0 Å². The highest BCUT2D eigenvalue weighted by atomic mass is 79.9. The van der Waals surface area contributed by atoms with Crippen LogP contribution in [0.1, 0.15) is 18.5 Å². The summed E-state index contributed by atoms with van der Waals surface area (Å²) in [4.78, 5) is 0. The molecule has 3 rings (SSSR count). The highest BCUT2D eigenvalue weighted by Crippen LogP contribution is 2.38. The molecule has 0 amide bonds. The van der Waals surface area contributed by atoms with Crippen molar-refractivity contribution in [1.29, 1.82) is 0 Å². The predicted octanol–water partition coefficient (Wildman–Crippen LogP) is 4.78. The van der Waals surface area contributed by atoms with Crippen LogP contribution >= 0.6 is 15.9 Å². The van der Waals surface area contributed by atoms with Gasteiger partial charge in [-0.05, 0) is 55.0 Å². The van der Waals surface area contributed by atoms with E-state index in [1.54, 1.807) is 14.2 Å². The van der Waals surface area contributed by atoms with Gasteiger partial charge in [0.1, 0.15) is 0 Å². The zero-order chi connectivity index (χ0) is 17.3. The second kappa shape index (κ2) is 6.87. The first kappa shape index (κ1) is 16.9. The van der Waals surface area contributed by atoms with Gasteiger partial charge in [-0.1, -0.05) is 22.0 Å². The van der Waals surface area contributed by atoms with Gasteiger partial charge >= 0.3 is 0 Å². The van der Waals surface area contributed by atoms with Crippen molar-refractivity contribution in [3.05, 3.63) is 64.3 Å². The molecule has 0 radical (unpaired) electrons. The van der Waals surface area contributed by atoms with Crippen LogP contribution in [0.5, 0.6) is 11.5 Å². The van der Waals surface area contributed by atoms with Crippen molar-refractivity contribution in [1.82, 2.24) is 5.01 Å². The molecule has 1 atom stereocenters. The van der Waals surface area contributed by atoms with E-state index in [-0.39, 0.29) is 6.04 Å². The summed E-state index contributed by atoms with van der Waals surface area (Å²) in [5.41, 5.74) is 3.49. The summed E-state index contributed by atoms with van der Waals surface area (Å²) in [6.45, 7) is 2.12. The standard InChI is InChI=1S/C19H21BrN2O2/c1-13-11-17(14-5-10-18(23-3)19(12-14)24-4)21(2)22(13)16-8-6-15(20)7-9-16/h5-12,17H,1-4H3. The van der Waals surface area contributed by atoms with Gasteiger partial charge in [0.05, 0.1) is 25.9 Å². The monoisotopic (exact) mass is 388 g/mol. The average molecular weight is 389 g/mol. The zero-order valence-corrected chi connectivity index (χ0v) is 15.9. The maximum absolute atomic E-state index is 5.44. The summed E-state index contributed by atoms with van der Waals surface area (Å²) in [5, 5.41) is 4.44. The lowest BCUT2D eigenvalue weighted by Crippen LogP contribution is -2.35. The van der Waals surface area contributed by atoms with Crippen molar-refractivity contribution in [3.8, 4) is 11.5 Å². The summed E-state index contributed by atoms with van der Waals surface area (Å²) in [5.74, 6) is 1.49. The number of likely N-dealkylation sites (N-methyl/N-ethyl adjacent to an activating group) is 1. The van der Waals surface area contributed by atoms with Crippen LogP contribution in [0.2, 0.25) is 0 Å². The molecule has 24 heavy (non-hydrogen) atoms. The first-order valence-electron chi connectivity index (χ1n) is 7.74. The molecule has 4 nitrogen and oxygen atoms in total. The van der Waals surface area contributed by atoms with Gasteiger partial charge in [-0.2, -0.15) is 0 Å². The molecule has 0 aromatic heterocycles. The molecule has 0 aliphatic carbocycles. The van der Waals surface area contributed by atoms with Gasteiger partial charge in [0.2, 0.25) is 0 Å². The Bertz CT molecular complexity index is 758. The molecule has 1 heterocycles. The Morgan fingerprint density at radius 3 is 2.25 bits per heavy atom. The maximum Gasteiger partial charge on any atom is 0.161 e. The van der Waals surface area contributed by atoms with E-state index in [2.05, 4.69) is 76.3 Å². The van der Waals surface area contributed by atoms with Gasteiger partial charge in [0, 0.05) is 17.2 Å². The first-order chi connectivity index (χ1) is 11.5. The number of allylic oxidation sites excluding steroid dienone is 1. The molecule has 2 aromatic carbocycles. The molecular weight excluding hydrogens is 368 g/mol. The number of anilines is 1. The molecule has 126 valence electrons.